The summed E-state index contributed by atoms with van der Waals surface area (Å²) >= 11 is 1.45. The Balaban J connectivity index is 1.62. The van der Waals surface area contributed by atoms with Crippen LogP contribution in [-0.2, 0) is 30.7 Å². The lowest BCUT2D eigenvalue weighted by molar-refractivity contribution is -0.121. The molecule has 0 aliphatic heterocycles. The highest BCUT2D eigenvalue weighted by molar-refractivity contribution is 7.19. The monoisotopic (exact) mass is 421 g/mol. The van der Waals surface area contributed by atoms with Gasteiger partial charge in [0.25, 0.3) is 5.56 Å². The fourth-order valence-electron chi connectivity index (χ4n) is 3.95. The number of aromatic nitrogens is 2. The van der Waals surface area contributed by atoms with E-state index in [1.54, 1.807) is 42.7 Å². The van der Waals surface area contributed by atoms with E-state index in [1.807, 2.05) is 6.07 Å². The fourth-order valence-corrected chi connectivity index (χ4v) is 5.32. The smallest absolute Gasteiger partial charge is 0.337 e. The molecule has 1 N–H and O–H groups in total. The SMILES string of the molecule is O=C(Cn1c(=O)n(-c2ccccc2)c(=O)c2c3c(sc21)CCC3)NCc1ccco1. The van der Waals surface area contributed by atoms with E-state index in [4.69, 9.17) is 4.42 Å². The average Bonchev–Trinajstić information content (AvgIpc) is 3.47. The quantitative estimate of drug-likeness (QED) is 0.537. The van der Waals surface area contributed by atoms with Gasteiger partial charge in [0.05, 0.1) is 23.9 Å². The van der Waals surface area contributed by atoms with Crippen molar-refractivity contribution in [1.29, 1.82) is 0 Å². The molecule has 8 heteroatoms. The minimum Gasteiger partial charge on any atom is -0.467 e. The lowest BCUT2D eigenvalue weighted by Gasteiger charge is -2.12. The largest absolute Gasteiger partial charge is 0.467 e. The van der Waals surface area contributed by atoms with E-state index in [1.165, 1.54) is 20.5 Å². The van der Waals surface area contributed by atoms with Crippen LogP contribution >= 0.6 is 11.3 Å². The molecule has 5 rings (SSSR count). The normalized spacial score (nSPS) is 12.9. The fraction of sp³-hybridized carbons (Fsp3) is 0.227. The van der Waals surface area contributed by atoms with Crippen LogP contribution in [0.25, 0.3) is 15.9 Å². The standard InChI is InChI=1S/C22H19N3O4S/c26-18(23-12-15-8-5-11-29-15)13-24-21-19(16-9-4-10-17(16)30-21)20(27)25(22(24)28)14-6-2-1-3-7-14/h1-3,5-8,11H,4,9-10,12-13H2,(H,23,26). The molecule has 1 amide bonds. The van der Waals surface area contributed by atoms with Crippen LogP contribution < -0.4 is 16.6 Å². The molecule has 0 radical (unpaired) electrons. The first-order valence-electron chi connectivity index (χ1n) is 9.78. The van der Waals surface area contributed by atoms with Crippen molar-refractivity contribution in [3.05, 3.63) is 85.8 Å². The number of carbonyl (C=O) groups is 1. The van der Waals surface area contributed by atoms with Gasteiger partial charge in [0, 0.05) is 4.88 Å². The molecule has 0 fully saturated rings. The lowest BCUT2D eigenvalue weighted by atomic mass is 10.2. The second kappa shape index (κ2) is 7.46. The van der Waals surface area contributed by atoms with Gasteiger partial charge >= 0.3 is 5.69 Å². The summed E-state index contributed by atoms with van der Waals surface area (Å²) in [5.74, 6) is 0.312. The number of para-hydroxylation sites is 1. The first kappa shape index (κ1) is 18.6. The molecule has 0 bridgehead atoms. The predicted octanol–water partition coefficient (Wildman–Crippen LogP) is 2.61. The van der Waals surface area contributed by atoms with Gasteiger partial charge in [0.15, 0.2) is 0 Å². The molecule has 0 saturated heterocycles. The maximum absolute atomic E-state index is 13.3. The second-order valence-electron chi connectivity index (χ2n) is 7.24. The molecule has 30 heavy (non-hydrogen) atoms. The summed E-state index contributed by atoms with van der Waals surface area (Å²) in [7, 11) is 0. The van der Waals surface area contributed by atoms with Crippen LogP contribution in [-0.4, -0.2) is 15.0 Å². The van der Waals surface area contributed by atoms with Gasteiger partial charge < -0.3 is 9.73 Å². The van der Waals surface area contributed by atoms with E-state index in [-0.39, 0.29) is 24.6 Å². The molecule has 7 nitrogen and oxygen atoms in total. The number of carbonyl (C=O) groups excluding carboxylic acids is 1. The Labute approximate surface area is 175 Å². The number of rotatable bonds is 5. The van der Waals surface area contributed by atoms with Gasteiger partial charge in [-0.1, -0.05) is 18.2 Å². The van der Waals surface area contributed by atoms with Crippen LogP contribution in [0.3, 0.4) is 0 Å². The summed E-state index contributed by atoms with van der Waals surface area (Å²) in [5.41, 5.74) is 0.700. The molecule has 0 saturated carbocycles. The Morgan fingerprint density at radius 3 is 2.70 bits per heavy atom. The predicted molar refractivity (Wildman–Crippen MR) is 114 cm³/mol. The molecule has 1 aliphatic rings. The topological polar surface area (TPSA) is 86.2 Å². The van der Waals surface area contributed by atoms with Gasteiger partial charge in [-0.25, -0.2) is 9.36 Å². The number of nitrogens with one attached hydrogen (secondary N) is 1. The number of amides is 1. The van der Waals surface area contributed by atoms with Crippen molar-refractivity contribution < 1.29 is 9.21 Å². The summed E-state index contributed by atoms with van der Waals surface area (Å²) < 4.78 is 7.83. The molecule has 4 aromatic rings. The number of hydrogen-bond donors (Lipinski definition) is 1. The highest BCUT2D eigenvalue weighted by Crippen LogP contribution is 2.35. The number of aryl methyl sites for hydroxylation is 2. The van der Waals surface area contributed by atoms with Crippen molar-refractivity contribution in [2.45, 2.75) is 32.4 Å². The van der Waals surface area contributed by atoms with E-state index in [0.29, 0.717) is 21.7 Å². The van der Waals surface area contributed by atoms with E-state index in [2.05, 4.69) is 5.32 Å². The van der Waals surface area contributed by atoms with Crippen LogP contribution in [0.5, 0.6) is 0 Å². The van der Waals surface area contributed by atoms with E-state index >= 15 is 0 Å². The number of furan rings is 1. The molecule has 1 aliphatic carbocycles. The van der Waals surface area contributed by atoms with Gasteiger partial charge in [0.1, 0.15) is 17.1 Å². The Hall–Kier alpha value is -3.39. The number of thiophene rings is 1. The Bertz CT molecular complexity index is 1350. The van der Waals surface area contributed by atoms with Gasteiger partial charge in [-0.15, -0.1) is 11.3 Å². The summed E-state index contributed by atoms with van der Waals surface area (Å²) in [4.78, 5) is 41.0. The molecule has 0 spiro atoms. The summed E-state index contributed by atoms with van der Waals surface area (Å²) in [5, 5.41) is 3.34. The molecule has 3 heterocycles. The molecule has 0 unspecified atom stereocenters. The number of nitrogens with zero attached hydrogens (tertiary/aromatic N) is 2. The molecular formula is C22H19N3O4S. The van der Waals surface area contributed by atoms with Crippen molar-refractivity contribution in [2.75, 3.05) is 0 Å². The van der Waals surface area contributed by atoms with Gasteiger partial charge in [-0.3, -0.25) is 14.2 Å². The van der Waals surface area contributed by atoms with Gasteiger partial charge in [0.2, 0.25) is 5.91 Å². The summed E-state index contributed by atoms with van der Waals surface area (Å²) in [6.07, 6.45) is 4.27. The third-order valence-corrected chi connectivity index (χ3v) is 6.66. The molecule has 3 aromatic heterocycles. The van der Waals surface area contributed by atoms with Crippen molar-refractivity contribution in [3.8, 4) is 5.69 Å². The van der Waals surface area contributed by atoms with Crippen LogP contribution in [0.4, 0.5) is 0 Å². The third kappa shape index (κ3) is 3.09. The summed E-state index contributed by atoms with van der Waals surface area (Å²) in [6.45, 7) is 0.0749. The van der Waals surface area contributed by atoms with Crippen molar-refractivity contribution in [2.24, 2.45) is 0 Å². The maximum Gasteiger partial charge on any atom is 0.337 e. The van der Waals surface area contributed by atoms with Crippen molar-refractivity contribution in [1.82, 2.24) is 14.5 Å². The first-order valence-corrected chi connectivity index (χ1v) is 10.6. The molecule has 152 valence electrons. The third-order valence-electron chi connectivity index (χ3n) is 5.34. The van der Waals surface area contributed by atoms with Crippen LogP contribution in [0.15, 0.2) is 62.7 Å². The Kier molecular flexibility index (Phi) is 4.63. The number of fused-ring (bicyclic) bond motifs is 3. The minimum atomic E-state index is -0.508. The highest BCUT2D eigenvalue weighted by atomic mass is 32.1. The second-order valence-corrected chi connectivity index (χ2v) is 8.32. The molecule has 0 atom stereocenters. The lowest BCUT2D eigenvalue weighted by Crippen LogP contribution is -2.41. The Morgan fingerprint density at radius 1 is 1.10 bits per heavy atom. The van der Waals surface area contributed by atoms with Crippen LogP contribution in [0, 0.1) is 0 Å². The zero-order valence-electron chi connectivity index (χ0n) is 16.1. The zero-order chi connectivity index (χ0) is 20.7. The van der Waals surface area contributed by atoms with E-state index in [0.717, 1.165) is 29.7 Å². The molecule has 1 aromatic carbocycles. The zero-order valence-corrected chi connectivity index (χ0v) is 16.9. The van der Waals surface area contributed by atoms with E-state index < -0.39 is 5.69 Å². The average molecular weight is 421 g/mol. The van der Waals surface area contributed by atoms with Crippen molar-refractivity contribution in [3.63, 3.8) is 0 Å². The van der Waals surface area contributed by atoms with Crippen LogP contribution in [0.2, 0.25) is 0 Å². The Morgan fingerprint density at radius 2 is 1.93 bits per heavy atom. The highest BCUT2D eigenvalue weighted by Gasteiger charge is 2.25. The van der Waals surface area contributed by atoms with Crippen molar-refractivity contribution >= 4 is 27.5 Å². The maximum atomic E-state index is 13.3. The van der Waals surface area contributed by atoms with E-state index in [9.17, 15) is 14.4 Å². The first-order chi connectivity index (χ1) is 14.6. The minimum absolute atomic E-state index is 0.164. The van der Waals surface area contributed by atoms with Gasteiger partial charge in [-0.2, -0.15) is 0 Å². The van der Waals surface area contributed by atoms with Crippen LogP contribution in [0.1, 0.15) is 22.6 Å². The number of benzene rings is 1. The number of hydrogen-bond acceptors (Lipinski definition) is 5. The summed E-state index contributed by atoms with van der Waals surface area (Å²) in [6, 6.07) is 12.4. The van der Waals surface area contributed by atoms with Gasteiger partial charge in [-0.05, 0) is 49.1 Å². The molecular weight excluding hydrogens is 402 g/mol.